The third-order valence-electron chi connectivity index (χ3n) is 2.77. The molecule has 0 radical (unpaired) electrons. The molecule has 4 heteroatoms. The molecule has 0 atom stereocenters. The molecular formula is C16H23BrN2O. The van der Waals surface area contributed by atoms with Crippen LogP contribution in [0.5, 0.6) is 5.75 Å². The summed E-state index contributed by atoms with van der Waals surface area (Å²) < 4.78 is 6.89. The van der Waals surface area contributed by atoms with Gasteiger partial charge in [-0.2, -0.15) is 5.26 Å². The van der Waals surface area contributed by atoms with Gasteiger partial charge in [0.15, 0.2) is 0 Å². The number of nitriles is 1. The van der Waals surface area contributed by atoms with Gasteiger partial charge < -0.3 is 10.1 Å². The van der Waals surface area contributed by atoms with Crippen molar-refractivity contribution in [2.45, 2.75) is 52.1 Å². The standard InChI is InChI=1S/C16H23BrN2O/c1-16(2,3)19-12-13-11-14(17)7-8-15(13)20-10-6-4-5-9-18/h7-8,11,19H,4-6,10,12H2,1-3H3. The third-order valence-corrected chi connectivity index (χ3v) is 3.27. The van der Waals surface area contributed by atoms with Crippen LogP contribution in [-0.2, 0) is 6.54 Å². The van der Waals surface area contributed by atoms with Crippen molar-refractivity contribution >= 4 is 15.9 Å². The number of benzene rings is 1. The second-order valence-electron chi connectivity index (χ2n) is 5.82. The van der Waals surface area contributed by atoms with E-state index in [0.29, 0.717) is 13.0 Å². The molecule has 0 amide bonds. The average Bonchev–Trinajstić information content (AvgIpc) is 2.37. The van der Waals surface area contributed by atoms with Gasteiger partial charge in [-0.15, -0.1) is 0 Å². The van der Waals surface area contributed by atoms with E-state index in [4.69, 9.17) is 10.00 Å². The van der Waals surface area contributed by atoms with Crippen LogP contribution >= 0.6 is 15.9 Å². The Bertz CT molecular complexity index is 461. The summed E-state index contributed by atoms with van der Waals surface area (Å²) >= 11 is 3.50. The van der Waals surface area contributed by atoms with E-state index in [1.54, 1.807) is 0 Å². The fraction of sp³-hybridized carbons (Fsp3) is 0.562. The van der Waals surface area contributed by atoms with E-state index in [2.05, 4.69) is 54.2 Å². The quantitative estimate of drug-likeness (QED) is 0.749. The lowest BCUT2D eigenvalue weighted by Crippen LogP contribution is -2.35. The predicted octanol–water partition coefficient (Wildman–Crippen LogP) is 4.41. The van der Waals surface area contributed by atoms with Gasteiger partial charge in [0, 0.05) is 28.5 Å². The minimum Gasteiger partial charge on any atom is -0.493 e. The number of hydrogen-bond donors (Lipinski definition) is 1. The van der Waals surface area contributed by atoms with Gasteiger partial charge in [-0.25, -0.2) is 0 Å². The van der Waals surface area contributed by atoms with Crippen molar-refractivity contribution in [1.82, 2.24) is 5.32 Å². The lowest BCUT2D eigenvalue weighted by molar-refractivity contribution is 0.302. The maximum absolute atomic E-state index is 8.50. The van der Waals surface area contributed by atoms with Crippen LogP contribution in [0.4, 0.5) is 0 Å². The Balaban J connectivity index is 2.58. The number of unbranched alkanes of at least 4 members (excludes halogenated alkanes) is 2. The number of rotatable bonds is 7. The highest BCUT2D eigenvalue weighted by atomic mass is 79.9. The molecule has 0 spiro atoms. The van der Waals surface area contributed by atoms with Crippen molar-refractivity contribution in [3.05, 3.63) is 28.2 Å². The Morgan fingerprint density at radius 2 is 2.05 bits per heavy atom. The van der Waals surface area contributed by atoms with Crippen LogP contribution in [0.15, 0.2) is 22.7 Å². The van der Waals surface area contributed by atoms with E-state index in [1.165, 1.54) is 0 Å². The molecule has 110 valence electrons. The molecule has 0 aromatic heterocycles. The molecule has 0 heterocycles. The van der Waals surface area contributed by atoms with E-state index < -0.39 is 0 Å². The summed E-state index contributed by atoms with van der Waals surface area (Å²) in [6.07, 6.45) is 2.40. The van der Waals surface area contributed by atoms with Gasteiger partial charge in [-0.1, -0.05) is 15.9 Å². The second kappa shape index (κ2) is 8.28. The van der Waals surface area contributed by atoms with Crippen LogP contribution in [0, 0.1) is 11.3 Å². The monoisotopic (exact) mass is 338 g/mol. The van der Waals surface area contributed by atoms with Gasteiger partial charge >= 0.3 is 0 Å². The largest absolute Gasteiger partial charge is 0.493 e. The molecule has 20 heavy (non-hydrogen) atoms. The van der Waals surface area contributed by atoms with Gasteiger partial charge in [0.1, 0.15) is 5.75 Å². The summed E-state index contributed by atoms with van der Waals surface area (Å²) in [5.41, 5.74) is 1.22. The van der Waals surface area contributed by atoms with Gasteiger partial charge in [-0.3, -0.25) is 0 Å². The minimum absolute atomic E-state index is 0.0758. The topological polar surface area (TPSA) is 45.0 Å². The number of nitrogens with one attached hydrogen (secondary N) is 1. The highest BCUT2D eigenvalue weighted by Gasteiger charge is 2.11. The van der Waals surface area contributed by atoms with Crippen molar-refractivity contribution in [3.63, 3.8) is 0 Å². The second-order valence-corrected chi connectivity index (χ2v) is 6.73. The van der Waals surface area contributed by atoms with E-state index in [0.717, 1.165) is 35.2 Å². The van der Waals surface area contributed by atoms with Crippen LogP contribution in [0.25, 0.3) is 0 Å². The maximum Gasteiger partial charge on any atom is 0.123 e. The average molecular weight is 339 g/mol. The summed E-state index contributed by atoms with van der Waals surface area (Å²) in [6, 6.07) is 8.22. The molecule has 0 saturated carbocycles. The molecule has 1 N–H and O–H groups in total. The van der Waals surface area contributed by atoms with Crippen LogP contribution in [0.1, 0.15) is 45.6 Å². The molecule has 1 aromatic rings. The first kappa shape index (κ1) is 17.0. The molecule has 0 aliphatic heterocycles. The number of halogens is 1. The molecule has 0 unspecified atom stereocenters. The minimum atomic E-state index is 0.0758. The van der Waals surface area contributed by atoms with Crippen LogP contribution in [0.3, 0.4) is 0 Å². The van der Waals surface area contributed by atoms with Crippen molar-refractivity contribution in [2.75, 3.05) is 6.61 Å². The first-order valence-electron chi connectivity index (χ1n) is 6.95. The SMILES string of the molecule is CC(C)(C)NCc1cc(Br)ccc1OCCCCC#N. The highest BCUT2D eigenvalue weighted by Crippen LogP contribution is 2.24. The van der Waals surface area contributed by atoms with E-state index >= 15 is 0 Å². The van der Waals surface area contributed by atoms with Crippen LogP contribution < -0.4 is 10.1 Å². The number of ether oxygens (including phenoxy) is 1. The predicted molar refractivity (Wildman–Crippen MR) is 85.7 cm³/mol. The third kappa shape index (κ3) is 6.93. The molecule has 0 bridgehead atoms. The zero-order chi connectivity index (χ0) is 15.0. The molecule has 0 aliphatic rings. The van der Waals surface area contributed by atoms with Crippen molar-refractivity contribution < 1.29 is 4.74 Å². The van der Waals surface area contributed by atoms with Gasteiger partial charge in [0.05, 0.1) is 12.7 Å². The lowest BCUT2D eigenvalue weighted by Gasteiger charge is -2.22. The molecule has 0 fully saturated rings. The van der Waals surface area contributed by atoms with Crippen molar-refractivity contribution in [1.29, 1.82) is 5.26 Å². The summed E-state index contributed by atoms with van der Waals surface area (Å²) in [6.45, 7) is 7.87. The molecule has 3 nitrogen and oxygen atoms in total. The summed E-state index contributed by atoms with van der Waals surface area (Å²) in [7, 11) is 0. The Hall–Kier alpha value is -1.05. The molecule has 1 aromatic carbocycles. The molecule has 0 saturated heterocycles. The molecular weight excluding hydrogens is 316 g/mol. The lowest BCUT2D eigenvalue weighted by atomic mass is 10.1. The van der Waals surface area contributed by atoms with Gasteiger partial charge in [0.2, 0.25) is 0 Å². The van der Waals surface area contributed by atoms with Gasteiger partial charge in [0.25, 0.3) is 0 Å². The maximum atomic E-state index is 8.50. The van der Waals surface area contributed by atoms with Crippen LogP contribution in [-0.4, -0.2) is 12.1 Å². The smallest absolute Gasteiger partial charge is 0.123 e. The Kier molecular flexibility index (Phi) is 7.04. The number of hydrogen-bond acceptors (Lipinski definition) is 3. The molecule has 0 aliphatic carbocycles. The van der Waals surface area contributed by atoms with E-state index in [-0.39, 0.29) is 5.54 Å². The van der Waals surface area contributed by atoms with Crippen molar-refractivity contribution in [3.8, 4) is 11.8 Å². The molecule has 1 rings (SSSR count). The summed E-state index contributed by atoms with van der Waals surface area (Å²) in [5, 5.41) is 12.0. The first-order chi connectivity index (χ1) is 9.42. The number of nitrogens with zero attached hydrogens (tertiary/aromatic N) is 1. The Labute approximate surface area is 130 Å². The summed E-state index contributed by atoms with van der Waals surface area (Å²) in [5.74, 6) is 0.918. The fourth-order valence-corrected chi connectivity index (χ4v) is 2.08. The Morgan fingerprint density at radius 1 is 1.30 bits per heavy atom. The fourth-order valence-electron chi connectivity index (χ4n) is 1.68. The van der Waals surface area contributed by atoms with E-state index in [9.17, 15) is 0 Å². The van der Waals surface area contributed by atoms with Gasteiger partial charge in [-0.05, 0) is 51.8 Å². The zero-order valence-corrected chi connectivity index (χ0v) is 14.1. The van der Waals surface area contributed by atoms with Crippen molar-refractivity contribution in [2.24, 2.45) is 0 Å². The summed E-state index contributed by atoms with van der Waals surface area (Å²) in [4.78, 5) is 0. The van der Waals surface area contributed by atoms with E-state index in [1.807, 2.05) is 12.1 Å². The normalized spacial score (nSPS) is 11.2. The zero-order valence-electron chi connectivity index (χ0n) is 12.5. The van der Waals surface area contributed by atoms with Crippen LogP contribution in [0.2, 0.25) is 0 Å². The Morgan fingerprint density at radius 3 is 2.70 bits per heavy atom. The highest BCUT2D eigenvalue weighted by molar-refractivity contribution is 9.10. The first-order valence-corrected chi connectivity index (χ1v) is 7.75.